The van der Waals surface area contributed by atoms with Crippen LogP contribution in [0.5, 0.6) is 5.75 Å². The molecule has 1 aliphatic rings. The minimum atomic E-state index is -0.108. The van der Waals surface area contributed by atoms with Gasteiger partial charge in [0.05, 0.1) is 13.2 Å². The van der Waals surface area contributed by atoms with E-state index in [4.69, 9.17) is 9.47 Å². The lowest BCUT2D eigenvalue weighted by Gasteiger charge is -2.23. The first-order valence-corrected chi connectivity index (χ1v) is 9.15. The predicted octanol–water partition coefficient (Wildman–Crippen LogP) is 4.97. The number of ether oxygens (including phenoxy) is 2. The highest BCUT2D eigenvalue weighted by molar-refractivity contribution is 7.19. The Bertz CT molecular complexity index is 817. The summed E-state index contributed by atoms with van der Waals surface area (Å²) in [6, 6.07) is 16.6. The molecule has 0 saturated carbocycles. The molecule has 0 radical (unpaired) electrons. The Morgan fingerprint density at radius 2 is 1.88 bits per heavy atom. The third-order valence-electron chi connectivity index (χ3n) is 4.32. The Labute approximate surface area is 145 Å². The zero-order valence-electron chi connectivity index (χ0n) is 13.4. The monoisotopic (exact) mass is 340 g/mol. The summed E-state index contributed by atoms with van der Waals surface area (Å²) in [6.45, 7) is 0.892. The quantitative estimate of drug-likeness (QED) is 0.729. The number of hydrogen-bond donors (Lipinski definition) is 1. The van der Waals surface area contributed by atoms with E-state index in [1.165, 1.54) is 22.1 Å². The largest absolute Gasteiger partial charge is 0.465 e. The van der Waals surface area contributed by atoms with Crippen molar-refractivity contribution in [2.75, 3.05) is 6.61 Å². The van der Waals surface area contributed by atoms with E-state index in [9.17, 15) is 5.11 Å². The summed E-state index contributed by atoms with van der Waals surface area (Å²) in [6.07, 6.45) is 3.15. The number of benzene rings is 2. The summed E-state index contributed by atoms with van der Waals surface area (Å²) in [4.78, 5) is 0.998. The molecule has 0 amide bonds. The fourth-order valence-electron chi connectivity index (χ4n) is 3.04. The van der Waals surface area contributed by atoms with E-state index >= 15 is 0 Å². The number of hydrogen-bond acceptors (Lipinski definition) is 4. The number of fused-ring (bicyclic) bond motifs is 1. The van der Waals surface area contributed by atoms with Gasteiger partial charge >= 0.3 is 0 Å². The maximum atomic E-state index is 9.28. The van der Waals surface area contributed by atoms with Crippen molar-refractivity contribution in [2.24, 2.45) is 0 Å². The van der Waals surface area contributed by atoms with Gasteiger partial charge in [-0.3, -0.25) is 0 Å². The van der Waals surface area contributed by atoms with E-state index < -0.39 is 0 Å². The lowest BCUT2D eigenvalue weighted by molar-refractivity contribution is -0.105. The van der Waals surface area contributed by atoms with Crippen LogP contribution in [0.4, 0.5) is 0 Å². The van der Waals surface area contributed by atoms with Crippen molar-refractivity contribution < 1.29 is 14.6 Å². The highest BCUT2D eigenvalue weighted by atomic mass is 32.1. The molecule has 1 atom stereocenters. The van der Waals surface area contributed by atoms with Gasteiger partial charge in [-0.2, -0.15) is 0 Å². The van der Waals surface area contributed by atoms with E-state index in [-0.39, 0.29) is 12.9 Å². The molecule has 4 rings (SSSR count). The van der Waals surface area contributed by atoms with Crippen LogP contribution < -0.4 is 4.74 Å². The third-order valence-corrected chi connectivity index (χ3v) is 5.42. The van der Waals surface area contributed by atoms with Gasteiger partial charge in [-0.05, 0) is 59.7 Å². The van der Waals surface area contributed by atoms with Crippen LogP contribution in [0.1, 0.15) is 24.1 Å². The molecule has 3 aromatic rings. The van der Waals surface area contributed by atoms with Crippen LogP contribution in [-0.2, 0) is 11.3 Å². The number of aliphatic hydroxyl groups excluding tert-OH is 1. The van der Waals surface area contributed by atoms with E-state index in [0.717, 1.165) is 35.6 Å². The maximum absolute atomic E-state index is 9.28. The molecule has 2 heterocycles. The first-order chi connectivity index (χ1) is 11.8. The SMILES string of the molecule is OCc1cc2cc(-c3ccc(OC4CCCCO4)cc3)ccc2s1. The van der Waals surface area contributed by atoms with Crippen LogP contribution >= 0.6 is 11.3 Å². The van der Waals surface area contributed by atoms with Crippen molar-refractivity contribution in [3.63, 3.8) is 0 Å². The average Bonchev–Trinajstić information content (AvgIpc) is 3.05. The molecule has 3 nitrogen and oxygen atoms in total. The summed E-state index contributed by atoms with van der Waals surface area (Å²) in [5, 5.41) is 10.5. The third kappa shape index (κ3) is 3.31. The second kappa shape index (κ2) is 6.93. The van der Waals surface area contributed by atoms with Crippen molar-refractivity contribution in [3.8, 4) is 16.9 Å². The van der Waals surface area contributed by atoms with E-state index in [1.807, 2.05) is 12.1 Å². The van der Waals surface area contributed by atoms with Gasteiger partial charge in [-0.25, -0.2) is 0 Å². The normalized spacial score (nSPS) is 18.0. The molecular weight excluding hydrogens is 320 g/mol. The van der Waals surface area contributed by atoms with Crippen LogP contribution in [0.25, 0.3) is 21.2 Å². The molecule has 0 aliphatic carbocycles. The Morgan fingerprint density at radius 3 is 2.62 bits per heavy atom. The lowest BCUT2D eigenvalue weighted by Crippen LogP contribution is -2.24. The first-order valence-electron chi connectivity index (χ1n) is 8.34. The van der Waals surface area contributed by atoms with Crippen LogP contribution in [0.3, 0.4) is 0 Å². The van der Waals surface area contributed by atoms with Crippen molar-refractivity contribution >= 4 is 21.4 Å². The standard InChI is InChI=1S/C20H20O3S/c21-13-18-12-16-11-15(6-9-19(16)24-18)14-4-7-17(8-5-14)23-20-3-1-2-10-22-20/h4-9,11-12,20-21H,1-3,10,13H2. The van der Waals surface area contributed by atoms with Crippen LogP contribution in [0, 0.1) is 0 Å². The molecule has 1 N–H and O–H groups in total. The molecule has 2 aromatic carbocycles. The molecule has 24 heavy (non-hydrogen) atoms. The number of thiophene rings is 1. The topological polar surface area (TPSA) is 38.7 Å². The van der Waals surface area contributed by atoms with Gasteiger partial charge < -0.3 is 14.6 Å². The molecule has 1 saturated heterocycles. The van der Waals surface area contributed by atoms with Gasteiger partial charge in [0.2, 0.25) is 0 Å². The minimum Gasteiger partial charge on any atom is -0.465 e. The van der Waals surface area contributed by atoms with E-state index in [2.05, 4.69) is 36.4 Å². The Balaban J connectivity index is 1.53. The molecule has 1 aliphatic heterocycles. The second-order valence-corrected chi connectivity index (χ2v) is 7.23. The van der Waals surface area contributed by atoms with Crippen molar-refractivity contribution in [1.29, 1.82) is 0 Å². The summed E-state index contributed by atoms with van der Waals surface area (Å²) in [5.74, 6) is 0.852. The molecule has 1 fully saturated rings. The summed E-state index contributed by atoms with van der Waals surface area (Å²) in [5.41, 5.74) is 2.33. The smallest absolute Gasteiger partial charge is 0.199 e. The maximum Gasteiger partial charge on any atom is 0.199 e. The zero-order chi connectivity index (χ0) is 16.4. The Hall–Kier alpha value is -1.88. The van der Waals surface area contributed by atoms with Gasteiger partial charge in [0.25, 0.3) is 0 Å². The van der Waals surface area contributed by atoms with Crippen LogP contribution in [-0.4, -0.2) is 18.0 Å². The average molecular weight is 340 g/mol. The Morgan fingerprint density at radius 1 is 1.04 bits per heavy atom. The van der Waals surface area contributed by atoms with Crippen molar-refractivity contribution in [2.45, 2.75) is 32.2 Å². The molecule has 0 bridgehead atoms. The van der Waals surface area contributed by atoms with Gasteiger partial charge in [-0.15, -0.1) is 11.3 Å². The zero-order valence-corrected chi connectivity index (χ0v) is 14.2. The second-order valence-electron chi connectivity index (χ2n) is 6.06. The predicted molar refractivity (Wildman–Crippen MR) is 97.4 cm³/mol. The van der Waals surface area contributed by atoms with Gasteiger partial charge in [-0.1, -0.05) is 18.2 Å². The number of rotatable bonds is 4. The highest BCUT2D eigenvalue weighted by Crippen LogP contribution is 2.31. The lowest BCUT2D eigenvalue weighted by atomic mass is 10.0. The summed E-state index contributed by atoms with van der Waals surface area (Å²) >= 11 is 1.64. The molecule has 1 aromatic heterocycles. The van der Waals surface area contributed by atoms with Gasteiger partial charge in [0, 0.05) is 16.0 Å². The van der Waals surface area contributed by atoms with Crippen LogP contribution in [0.2, 0.25) is 0 Å². The van der Waals surface area contributed by atoms with Crippen LogP contribution in [0.15, 0.2) is 48.5 Å². The molecule has 1 unspecified atom stereocenters. The molecular formula is C20H20O3S. The van der Waals surface area contributed by atoms with Crippen molar-refractivity contribution in [1.82, 2.24) is 0 Å². The highest BCUT2D eigenvalue weighted by Gasteiger charge is 2.15. The van der Waals surface area contributed by atoms with E-state index in [0.29, 0.717) is 0 Å². The van der Waals surface area contributed by atoms with Gasteiger partial charge in [0.15, 0.2) is 6.29 Å². The molecule has 0 spiro atoms. The fourth-order valence-corrected chi connectivity index (χ4v) is 3.94. The first kappa shape index (κ1) is 15.6. The summed E-state index contributed by atoms with van der Waals surface area (Å²) < 4.78 is 12.7. The molecule has 4 heteroatoms. The van der Waals surface area contributed by atoms with Crippen molar-refractivity contribution in [3.05, 3.63) is 53.4 Å². The fraction of sp³-hybridized carbons (Fsp3) is 0.300. The summed E-state index contributed by atoms with van der Waals surface area (Å²) in [7, 11) is 0. The minimum absolute atomic E-state index is 0.101. The van der Waals surface area contributed by atoms with Gasteiger partial charge in [0.1, 0.15) is 5.75 Å². The van der Waals surface area contributed by atoms with E-state index in [1.54, 1.807) is 11.3 Å². The number of aliphatic hydroxyl groups is 1. The molecule has 124 valence electrons. The Kier molecular flexibility index (Phi) is 4.52.